The van der Waals surface area contributed by atoms with Gasteiger partial charge in [0.05, 0.1) is 52.2 Å². The van der Waals surface area contributed by atoms with Crippen molar-refractivity contribution in [3.05, 3.63) is 233 Å². The zero-order valence-electron chi connectivity index (χ0n) is 45.7. The van der Waals surface area contributed by atoms with Crippen LogP contribution in [0.2, 0.25) is 10.0 Å². The smallest absolute Gasteiger partial charge is 0.406 e. The number of nitrogens with one attached hydrogen (secondary N) is 6. The number of nitrogens with zero attached hydrogens (tertiary/aromatic N) is 10. The average Bonchev–Trinajstić information content (AvgIpc) is 3.68. The number of pyridine rings is 1. The molecule has 0 aliphatic heterocycles. The molecule has 0 saturated carbocycles. The van der Waals surface area contributed by atoms with Gasteiger partial charge in [-0.05, 0) is 95.6 Å². The van der Waals surface area contributed by atoms with E-state index in [0.29, 0.717) is 72.3 Å². The van der Waals surface area contributed by atoms with E-state index in [2.05, 4.69) is 86.2 Å². The first-order chi connectivity index (χ1) is 43.2. The topological polar surface area (TPSA) is 273 Å². The van der Waals surface area contributed by atoms with E-state index in [0.717, 1.165) is 71.0 Å². The Balaban J connectivity index is 0.000000138. The molecule has 28 heteroatoms. The number of benzene rings is 6. The third-order valence-corrected chi connectivity index (χ3v) is 16.3. The first kappa shape index (κ1) is 60.7. The average molecular weight is 1290 g/mol. The summed E-state index contributed by atoms with van der Waals surface area (Å²) in [5.74, 6) is 0.619. The fourth-order valence-electron chi connectivity index (χ4n) is 8.58. The first-order valence-electron chi connectivity index (χ1n) is 26.4. The molecule has 0 radical (unpaired) electrons. The predicted molar refractivity (Wildman–Crippen MR) is 338 cm³/mol. The molecule has 89 heavy (non-hydrogen) atoms. The minimum Gasteiger partial charge on any atom is -0.406 e. The van der Waals surface area contributed by atoms with E-state index in [1.54, 1.807) is 96.8 Å². The number of anilines is 3. The molecule has 3 amide bonds. The number of halogens is 5. The molecule has 444 valence electrons. The Labute approximate surface area is 525 Å². The van der Waals surface area contributed by atoms with Crippen molar-refractivity contribution in [2.75, 3.05) is 16.0 Å². The predicted octanol–water partition coefficient (Wildman–Crippen LogP) is 14.4. The zero-order valence-corrected chi connectivity index (χ0v) is 49.7. The number of ether oxygens (including phenoxy) is 1. The number of carbonyl (C=O) groups is 3. The van der Waals surface area contributed by atoms with Crippen LogP contribution in [0.25, 0.3) is 44.0 Å². The monoisotopic (exact) mass is 1290 g/mol. The molecular weight excluding hydrogens is 1240 g/mol. The lowest BCUT2D eigenvalue weighted by Gasteiger charge is -2.11. The SMILES string of the molecule is O=C(Nc1cc(Cl)cc(Cl)c1)c1cccc(CSc2ncnc3[nH]ncc23)c1.O=C(Nc1cccc(OC(F)(F)F)c1)c1cccc(CSc2ncnc3[nH]ncc23)c1.O=C(Nc1cnc2ccccc2c1)c1cccc(CSc2ncnc3[nH]ncc23)c1. The van der Waals surface area contributed by atoms with Gasteiger partial charge >= 0.3 is 6.36 Å². The van der Waals surface area contributed by atoms with Gasteiger partial charge in [0.1, 0.15) is 39.8 Å². The summed E-state index contributed by atoms with van der Waals surface area (Å²) >= 11 is 16.6. The minimum absolute atomic E-state index is 0.168. The van der Waals surface area contributed by atoms with Gasteiger partial charge in [-0.15, -0.1) is 48.5 Å². The highest BCUT2D eigenvalue weighted by molar-refractivity contribution is 7.99. The molecule has 6 N–H and O–H groups in total. The Morgan fingerprint density at radius 1 is 0.449 bits per heavy atom. The van der Waals surface area contributed by atoms with Gasteiger partial charge < -0.3 is 20.7 Å². The van der Waals surface area contributed by atoms with Crippen molar-refractivity contribution in [2.24, 2.45) is 0 Å². The van der Waals surface area contributed by atoms with Gasteiger partial charge in [0.25, 0.3) is 17.7 Å². The van der Waals surface area contributed by atoms with Gasteiger partial charge in [-0.25, -0.2) is 29.9 Å². The molecule has 6 aromatic carbocycles. The number of thioether (sulfide) groups is 3. The zero-order chi connectivity index (χ0) is 61.7. The van der Waals surface area contributed by atoms with Gasteiger partial charge in [-0.1, -0.05) is 83.9 Å². The molecule has 7 heterocycles. The Kier molecular flexibility index (Phi) is 19.3. The lowest BCUT2D eigenvalue weighted by atomic mass is 10.1. The standard InChI is InChI=1S/C22H16N6OS.C20H14F3N5O2S.C19H13Cl2N5OS/c29-21(27-17-9-15-5-1-2-7-19(15)23-10-17)16-6-3-4-14(8-16)12-30-22-18-11-26-28-20(18)24-13-25-22;21-20(22,23)30-15-6-2-5-14(8-15)27-18(29)13-4-1-3-12(7-13)10-31-19-16-9-26-28-17(16)24-11-25-19;20-13-5-14(21)7-15(6-13)25-18(27)12-3-1-2-11(4-12)9-28-19-16-8-24-26-17(16)22-10-23-19/h1-11,13H,12H2,(H,27,29)(H,24,25,26,28);1-9,11H,10H2,(H,27,29)(H,24,25,26,28);1-8,10H,9H2,(H,25,27)(H,22,23,24,26). The second-order valence-corrected chi connectivity index (χ2v) is 22.7. The number of carbonyl (C=O) groups excluding carboxylic acids is 3. The Bertz CT molecular complexity index is 4670. The number of aromatic nitrogens is 13. The van der Waals surface area contributed by atoms with Crippen LogP contribution in [0.1, 0.15) is 47.8 Å². The largest absolute Gasteiger partial charge is 0.573 e. The maximum absolute atomic E-state index is 12.7. The van der Waals surface area contributed by atoms with Gasteiger partial charge in [0.2, 0.25) is 0 Å². The summed E-state index contributed by atoms with van der Waals surface area (Å²) in [5, 5.41) is 35.7. The highest BCUT2D eigenvalue weighted by Crippen LogP contribution is 2.31. The van der Waals surface area contributed by atoms with Crippen LogP contribution in [0.5, 0.6) is 5.75 Å². The van der Waals surface area contributed by atoms with Crippen molar-refractivity contribution in [3.8, 4) is 5.75 Å². The van der Waals surface area contributed by atoms with Crippen molar-refractivity contribution >= 4 is 137 Å². The number of alkyl halides is 3. The van der Waals surface area contributed by atoms with Crippen molar-refractivity contribution in [1.82, 2.24) is 65.5 Å². The second-order valence-electron chi connectivity index (χ2n) is 18.9. The van der Waals surface area contributed by atoms with E-state index >= 15 is 0 Å². The summed E-state index contributed by atoms with van der Waals surface area (Å²) in [6.45, 7) is 0. The highest BCUT2D eigenvalue weighted by Gasteiger charge is 2.31. The molecule has 0 spiro atoms. The molecular formula is C61H43Cl2F3N16O4S3. The van der Waals surface area contributed by atoms with Crippen LogP contribution < -0.4 is 20.7 Å². The third kappa shape index (κ3) is 16.4. The van der Waals surface area contributed by atoms with Gasteiger partial charge in [-0.3, -0.25) is 34.7 Å². The summed E-state index contributed by atoms with van der Waals surface area (Å²) in [4.78, 5) is 67.5. The maximum atomic E-state index is 12.7. The van der Waals surface area contributed by atoms with Gasteiger partial charge in [0, 0.05) is 66.8 Å². The van der Waals surface area contributed by atoms with Gasteiger partial charge in [-0.2, -0.15) is 15.3 Å². The molecule has 0 unspecified atom stereocenters. The molecule has 0 atom stereocenters. The summed E-state index contributed by atoms with van der Waals surface area (Å²) in [6, 6.07) is 41.7. The lowest BCUT2D eigenvalue weighted by molar-refractivity contribution is -0.274. The van der Waals surface area contributed by atoms with E-state index in [1.165, 1.54) is 42.9 Å². The number of hydrogen-bond donors (Lipinski definition) is 6. The Hall–Kier alpha value is -9.99. The Morgan fingerprint density at radius 2 is 0.888 bits per heavy atom. The fourth-order valence-corrected chi connectivity index (χ4v) is 11.8. The number of fused-ring (bicyclic) bond motifs is 4. The van der Waals surface area contributed by atoms with Crippen molar-refractivity contribution in [1.29, 1.82) is 0 Å². The minimum atomic E-state index is -4.81. The van der Waals surface area contributed by atoms with E-state index < -0.39 is 18.0 Å². The van der Waals surface area contributed by atoms with E-state index in [1.807, 2.05) is 72.8 Å². The number of aromatic amines is 3. The fraction of sp³-hybridized carbons (Fsp3) is 0.0656. The number of amides is 3. The van der Waals surface area contributed by atoms with Crippen LogP contribution in [0.4, 0.5) is 30.2 Å². The van der Waals surface area contributed by atoms with Crippen LogP contribution >= 0.6 is 58.5 Å². The van der Waals surface area contributed by atoms with Crippen LogP contribution in [-0.2, 0) is 17.3 Å². The van der Waals surface area contributed by atoms with Crippen LogP contribution in [0, 0.1) is 0 Å². The highest BCUT2D eigenvalue weighted by atomic mass is 35.5. The third-order valence-electron chi connectivity index (χ3n) is 12.6. The number of rotatable bonds is 16. The molecule has 0 aliphatic rings. The van der Waals surface area contributed by atoms with Crippen LogP contribution in [0.3, 0.4) is 0 Å². The Morgan fingerprint density at radius 3 is 1.36 bits per heavy atom. The molecule has 13 rings (SSSR count). The van der Waals surface area contributed by atoms with Crippen molar-refractivity contribution in [3.63, 3.8) is 0 Å². The van der Waals surface area contributed by atoms with Crippen molar-refractivity contribution < 1.29 is 32.3 Å². The molecule has 0 aliphatic carbocycles. The summed E-state index contributed by atoms with van der Waals surface area (Å²) < 4.78 is 41.0. The van der Waals surface area contributed by atoms with E-state index in [4.69, 9.17) is 23.2 Å². The summed E-state index contributed by atoms with van der Waals surface area (Å²) in [5.41, 5.74) is 8.77. The van der Waals surface area contributed by atoms with E-state index in [-0.39, 0.29) is 17.5 Å². The van der Waals surface area contributed by atoms with Crippen LogP contribution in [-0.4, -0.2) is 89.6 Å². The molecule has 0 fully saturated rings. The molecule has 20 nitrogen and oxygen atoms in total. The van der Waals surface area contributed by atoms with Gasteiger partial charge in [0.15, 0.2) is 16.9 Å². The molecule has 0 bridgehead atoms. The maximum Gasteiger partial charge on any atom is 0.573 e. The number of hydrogen-bond acceptors (Lipinski definition) is 17. The van der Waals surface area contributed by atoms with E-state index in [9.17, 15) is 27.6 Å². The lowest BCUT2D eigenvalue weighted by Crippen LogP contribution is -2.17. The van der Waals surface area contributed by atoms with Crippen LogP contribution in [0.15, 0.2) is 204 Å². The molecule has 7 aromatic heterocycles. The number of para-hydroxylation sites is 1. The second kappa shape index (κ2) is 28.2. The number of H-pyrrole nitrogens is 3. The molecule has 0 saturated heterocycles. The quantitative estimate of drug-likeness (QED) is 0.0387. The molecule has 13 aromatic rings. The normalized spacial score (nSPS) is 11.2. The van der Waals surface area contributed by atoms with Crippen molar-refractivity contribution in [2.45, 2.75) is 38.7 Å². The summed E-state index contributed by atoms with van der Waals surface area (Å²) in [7, 11) is 0. The summed E-state index contributed by atoms with van der Waals surface area (Å²) in [6.07, 6.45) is 6.41. The first-order valence-corrected chi connectivity index (χ1v) is 30.1.